The molecule has 2 aliphatic heterocycles. The number of ether oxygens (including phenoxy) is 1. The highest BCUT2D eigenvalue weighted by atomic mass is 16.5. The maximum atomic E-state index is 12.2. The van der Waals surface area contributed by atoms with Gasteiger partial charge in [-0.1, -0.05) is 23.4 Å². The number of hydrogen-bond acceptors (Lipinski definition) is 5. The van der Waals surface area contributed by atoms with Gasteiger partial charge < -0.3 is 10.1 Å². The monoisotopic (exact) mass is 288 g/mol. The molecule has 0 saturated carbocycles. The Balaban J connectivity index is 1.80. The summed E-state index contributed by atoms with van der Waals surface area (Å²) in [5.41, 5.74) is 1.86. The molecule has 0 aliphatic carbocycles. The van der Waals surface area contributed by atoms with E-state index in [4.69, 9.17) is 4.74 Å². The van der Waals surface area contributed by atoms with E-state index in [2.05, 4.69) is 15.7 Å². The van der Waals surface area contributed by atoms with Crippen LogP contribution >= 0.6 is 0 Å². The molecule has 112 valence electrons. The molecule has 0 spiro atoms. The Morgan fingerprint density at radius 1 is 1.38 bits per heavy atom. The number of nitrogens with zero attached hydrogens (tertiary/aromatic N) is 3. The highest BCUT2D eigenvalue weighted by Gasteiger charge is 2.38. The summed E-state index contributed by atoms with van der Waals surface area (Å²) in [6, 6.07) is 7.75. The van der Waals surface area contributed by atoms with Crippen molar-refractivity contribution in [3.63, 3.8) is 0 Å². The number of fused-ring (bicyclic) bond motifs is 1. The van der Waals surface area contributed by atoms with E-state index >= 15 is 0 Å². The molecule has 0 amide bonds. The lowest BCUT2D eigenvalue weighted by molar-refractivity contribution is -0.145. The Labute approximate surface area is 124 Å². The lowest BCUT2D eigenvalue weighted by Crippen LogP contribution is -2.27. The minimum absolute atomic E-state index is 0.250. The summed E-state index contributed by atoms with van der Waals surface area (Å²) < 4.78 is 5.19. The number of hydrogen-bond donors (Lipinski definition) is 1. The van der Waals surface area contributed by atoms with Crippen LogP contribution in [0.3, 0.4) is 0 Å². The zero-order valence-corrected chi connectivity index (χ0v) is 12.2. The maximum Gasteiger partial charge on any atom is 0.317 e. The fourth-order valence-electron chi connectivity index (χ4n) is 2.81. The second-order valence-electron chi connectivity index (χ2n) is 5.27. The van der Waals surface area contributed by atoms with Crippen molar-refractivity contribution in [3.05, 3.63) is 29.8 Å². The standard InChI is InChI=1S/C15H20N4O2/c1-2-21-15(20)13-11-7-3-4-8-12(11)16-14(13)17-18-19-9-5-6-10-19/h3-4,7-8,13-14,16H,2,5-6,9-10H2,1H3/b18-17+. The molecule has 2 aliphatic rings. The third kappa shape index (κ3) is 2.84. The van der Waals surface area contributed by atoms with Crippen molar-refractivity contribution >= 4 is 11.7 Å². The van der Waals surface area contributed by atoms with Crippen molar-refractivity contribution in [3.8, 4) is 0 Å². The molecule has 1 saturated heterocycles. The Kier molecular flexibility index (Phi) is 4.03. The Morgan fingerprint density at radius 3 is 2.90 bits per heavy atom. The van der Waals surface area contributed by atoms with Crippen LogP contribution in [0.2, 0.25) is 0 Å². The van der Waals surface area contributed by atoms with E-state index in [1.54, 1.807) is 0 Å². The largest absolute Gasteiger partial charge is 0.465 e. The highest BCUT2D eigenvalue weighted by molar-refractivity contribution is 5.84. The number of carbonyl (C=O) groups is 1. The van der Waals surface area contributed by atoms with E-state index in [1.807, 2.05) is 36.2 Å². The zero-order chi connectivity index (χ0) is 14.7. The van der Waals surface area contributed by atoms with E-state index in [0.29, 0.717) is 6.61 Å². The van der Waals surface area contributed by atoms with Gasteiger partial charge >= 0.3 is 5.97 Å². The summed E-state index contributed by atoms with van der Waals surface area (Å²) in [5, 5.41) is 13.8. The van der Waals surface area contributed by atoms with Crippen LogP contribution < -0.4 is 5.32 Å². The fraction of sp³-hybridized carbons (Fsp3) is 0.533. The van der Waals surface area contributed by atoms with Crippen LogP contribution in [0, 0.1) is 0 Å². The topological polar surface area (TPSA) is 66.3 Å². The Bertz CT molecular complexity index is 540. The smallest absolute Gasteiger partial charge is 0.317 e. The van der Waals surface area contributed by atoms with E-state index in [9.17, 15) is 4.79 Å². The SMILES string of the molecule is CCOC(=O)C1c2ccccc2NC1/N=N/N1CCCC1. The Hall–Kier alpha value is -2.11. The molecule has 2 heterocycles. The molecule has 1 aromatic carbocycles. The van der Waals surface area contributed by atoms with Crippen LogP contribution in [0.5, 0.6) is 0 Å². The molecule has 2 atom stereocenters. The van der Waals surface area contributed by atoms with Crippen LogP contribution in [0.25, 0.3) is 0 Å². The third-order valence-electron chi connectivity index (χ3n) is 3.84. The molecule has 6 nitrogen and oxygen atoms in total. The first-order chi connectivity index (χ1) is 10.3. The summed E-state index contributed by atoms with van der Waals surface area (Å²) in [6.07, 6.45) is 1.92. The molecule has 6 heteroatoms. The number of rotatable bonds is 4. The number of nitrogens with one attached hydrogen (secondary N) is 1. The Morgan fingerprint density at radius 2 is 2.14 bits per heavy atom. The molecular formula is C15H20N4O2. The van der Waals surface area contributed by atoms with Crippen molar-refractivity contribution in [2.75, 3.05) is 25.0 Å². The fourth-order valence-corrected chi connectivity index (χ4v) is 2.81. The van der Waals surface area contributed by atoms with E-state index in [-0.39, 0.29) is 12.1 Å². The summed E-state index contributed by atoms with van der Waals surface area (Å²) in [4.78, 5) is 12.2. The van der Waals surface area contributed by atoms with Gasteiger partial charge in [-0.25, -0.2) is 0 Å². The first kappa shape index (κ1) is 13.9. The average molecular weight is 288 g/mol. The molecule has 1 N–H and O–H groups in total. The van der Waals surface area contributed by atoms with Gasteiger partial charge in [-0.15, -0.1) is 5.11 Å². The van der Waals surface area contributed by atoms with Crippen LogP contribution in [0.1, 0.15) is 31.2 Å². The van der Waals surface area contributed by atoms with Crippen LogP contribution in [-0.2, 0) is 9.53 Å². The van der Waals surface area contributed by atoms with Gasteiger partial charge in [0.25, 0.3) is 0 Å². The molecule has 1 fully saturated rings. The minimum atomic E-state index is -0.424. The van der Waals surface area contributed by atoms with Crippen LogP contribution in [0.4, 0.5) is 5.69 Å². The van der Waals surface area contributed by atoms with Gasteiger partial charge in [-0.2, -0.15) is 0 Å². The van der Waals surface area contributed by atoms with Gasteiger partial charge in [-0.3, -0.25) is 9.80 Å². The summed E-state index contributed by atoms with van der Waals surface area (Å²) >= 11 is 0. The number of para-hydroxylation sites is 1. The van der Waals surface area contributed by atoms with Gasteiger partial charge in [0.1, 0.15) is 5.92 Å². The van der Waals surface area contributed by atoms with Crippen molar-refractivity contribution in [1.29, 1.82) is 0 Å². The first-order valence-corrected chi connectivity index (χ1v) is 7.47. The van der Waals surface area contributed by atoms with E-state index < -0.39 is 5.92 Å². The van der Waals surface area contributed by atoms with Crippen molar-refractivity contribution in [2.45, 2.75) is 31.8 Å². The lowest BCUT2D eigenvalue weighted by Gasteiger charge is -2.15. The number of carbonyl (C=O) groups excluding carboxylic acids is 1. The minimum Gasteiger partial charge on any atom is -0.465 e. The summed E-state index contributed by atoms with van der Waals surface area (Å²) in [7, 11) is 0. The highest BCUT2D eigenvalue weighted by Crippen LogP contribution is 2.37. The molecule has 3 rings (SSSR count). The predicted octanol–water partition coefficient (Wildman–Crippen LogP) is 2.55. The molecule has 0 bridgehead atoms. The molecule has 1 aromatic rings. The third-order valence-corrected chi connectivity index (χ3v) is 3.84. The average Bonchev–Trinajstić information content (AvgIpc) is 3.12. The molecule has 2 unspecified atom stereocenters. The lowest BCUT2D eigenvalue weighted by atomic mass is 9.99. The molecule has 0 radical (unpaired) electrons. The quantitative estimate of drug-likeness (QED) is 0.683. The molecule has 21 heavy (non-hydrogen) atoms. The second kappa shape index (κ2) is 6.11. The van der Waals surface area contributed by atoms with Gasteiger partial charge in [0.05, 0.1) is 6.61 Å². The number of benzene rings is 1. The van der Waals surface area contributed by atoms with Crippen molar-refractivity contribution < 1.29 is 9.53 Å². The second-order valence-corrected chi connectivity index (χ2v) is 5.27. The number of esters is 1. The van der Waals surface area contributed by atoms with Gasteiger partial charge in [-0.05, 0) is 31.4 Å². The normalized spacial score (nSPS) is 24.1. The number of anilines is 1. The van der Waals surface area contributed by atoms with Crippen molar-refractivity contribution in [2.24, 2.45) is 10.3 Å². The van der Waals surface area contributed by atoms with E-state index in [1.165, 1.54) is 0 Å². The molecule has 0 aromatic heterocycles. The van der Waals surface area contributed by atoms with Crippen LogP contribution in [-0.4, -0.2) is 36.8 Å². The van der Waals surface area contributed by atoms with Gasteiger partial charge in [0, 0.05) is 18.8 Å². The van der Waals surface area contributed by atoms with Gasteiger partial charge in [0.15, 0.2) is 6.17 Å². The zero-order valence-electron chi connectivity index (χ0n) is 12.2. The maximum absolute atomic E-state index is 12.2. The predicted molar refractivity (Wildman–Crippen MR) is 78.9 cm³/mol. The summed E-state index contributed by atoms with van der Waals surface area (Å²) in [5.74, 6) is -0.673. The van der Waals surface area contributed by atoms with Crippen molar-refractivity contribution in [1.82, 2.24) is 5.01 Å². The first-order valence-electron chi connectivity index (χ1n) is 7.47. The van der Waals surface area contributed by atoms with Crippen LogP contribution in [0.15, 0.2) is 34.6 Å². The van der Waals surface area contributed by atoms with Gasteiger partial charge in [0.2, 0.25) is 0 Å². The summed E-state index contributed by atoms with van der Waals surface area (Å²) in [6.45, 7) is 4.06. The van der Waals surface area contributed by atoms with E-state index in [0.717, 1.165) is 37.2 Å². The molecular weight excluding hydrogens is 268 g/mol.